The molecule has 1 fully saturated rings. The van der Waals surface area contributed by atoms with Crippen LogP contribution < -0.4 is 0 Å². The Balaban J connectivity index is 2.13. The number of aliphatic hydroxyl groups is 1. The maximum Gasteiger partial charge on any atom is 0.0487 e. The lowest BCUT2D eigenvalue weighted by Gasteiger charge is -2.15. The predicted octanol–water partition coefficient (Wildman–Crippen LogP) is 3.12. The number of hydrogen-bond acceptors (Lipinski definition) is 1. The molecule has 0 bridgehead atoms. The maximum absolute atomic E-state index is 9.29. The van der Waals surface area contributed by atoms with Crippen LogP contribution in [0.4, 0.5) is 0 Å². The van der Waals surface area contributed by atoms with Gasteiger partial charge in [-0.2, -0.15) is 0 Å². The summed E-state index contributed by atoms with van der Waals surface area (Å²) in [5.41, 5.74) is 2.92. The maximum atomic E-state index is 9.29. The van der Waals surface area contributed by atoms with Gasteiger partial charge >= 0.3 is 0 Å². The molecule has 15 heavy (non-hydrogen) atoms. The first kappa shape index (κ1) is 10.7. The molecule has 82 valence electrons. The van der Waals surface area contributed by atoms with Gasteiger partial charge in [0.1, 0.15) is 0 Å². The van der Waals surface area contributed by atoms with Crippen molar-refractivity contribution in [3.05, 3.63) is 35.4 Å². The van der Waals surface area contributed by atoms with Gasteiger partial charge in [0, 0.05) is 6.61 Å². The number of aliphatic hydroxyl groups excluding tert-OH is 1. The average Bonchev–Trinajstić information content (AvgIpc) is 2.91. The van der Waals surface area contributed by atoms with E-state index in [0.29, 0.717) is 18.4 Å². The minimum absolute atomic E-state index is 0.184. The molecule has 1 aliphatic carbocycles. The van der Waals surface area contributed by atoms with Gasteiger partial charge in [0.05, 0.1) is 0 Å². The van der Waals surface area contributed by atoms with Gasteiger partial charge in [-0.25, -0.2) is 0 Å². The van der Waals surface area contributed by atoms with Crippen molar-refractivity contribution in [2.75, 3.05) is 6.61 Å². The Labute approximate surface area is 92.1 Å². The lowest BCUT2D eigenvalue weighted by atomic mass is 9.91. The van der Waals surface area contributed by atoms with Crippen LogP contribution in [-0.2, 0) is 0 Å². The highest BCUT2D eigenvalue weighted by atomic mass is 16.3. The molecule has 0 saturated heterocycles. The molecule has 0 heterocycles. The van der Waals surface area contributed by atoms with Crippen LogP contribution in [0.1, 0.15) is 37.3 Å². The second-order valence-electron chi connectivity index (χ2n) is 5.33. The first-order chi connectivity index (χ1) is 7.07. The topological polar surface area (TPSA) is 20.2 Å². The number of aryl methyl sites for hydroxylation is 1. The summed E-state index contributed by atoms with van der Waals surface area (Å²) in [6.45, 7) is 6.92. The summed E-state index contributed by atoms with van der Waals surface area (Å²) in [4.78, 5) is 0. The van der Waals surface area contributed by atoms with Crippen LogP contribution in [0.3, 0.4) is 0 Å². The first-order valence-electron chi connectivity index (χ1n) is 5.74. The van der Waals surface area contributed by atoms with Crippen molar-refractivity contribution in [2.24, 2.45) is 11.3 Å². The predicted molar refractivity (Wildman–Crippen MR) is 62.9 cm³/mol. The zero-order chi connectivity index (χ0) is 11.1. The Morgan fingerprint density at radius 1 is 1.53 bits per heavy atom. The van der Waals surface area contributed by atoms with Gasteiger partial charge in [-0.05, 0) is 36.2 Å². The normalized spacial score (nSPS) is 31.3. The highest BCUT2D eigenvalue weighted by molar-refractivity contribution is 5.27. The number of hydrogen-bond donors (Lipinski definition) is 1. The van der Waals surface area contributed by atoms with E-state index in [2.05, 4.69) is 45.0 Å². The van der Waals surface area contributed by atoms with Crippen LogP contribution in [0.5, 0.6) is 0 Å². The molecule has 1 saturated carbocycles. The van der Waals surface area contributed by atoms with E-state index in [1.165, 1.54) is 17.5 Å². The third-order valence-electron chi connectivity index (χ3n) is 3.95. The van der Waals surface area contributed by atoms with Gasteiger partial charge in [-0.15, -0.1) is 0 Å². The SMILES string of the molecule is Cc1cccc([C@H](C)[C@@H]2C[C@@]2(C)CO)c1. The number of benzene rings is 1. The largest absolute Gasteiger partial charge is 0.396 e. The second kappa shape index (κ2) is 3.64. The van der Waals surface area contributed by atoms with Gasteiger partial charge < -0.3 is 5.11 Å². The van der Waals surface area contributed by atoms with E-state index in [0.717, 1.165) is 0 Å². The highest BCUT2D eigenvalue weighted by Crippen LogP contribution is 2.58. The van der Waals surface area contributed by atoms with E-state index in [1.54, 1.807) is 0 Å². The Hall–Kier alpha value is -0.820. The summed E-state index contributed by atoms with van der Waals surface area (Å²) in [6.07, 6.45) is 1.17. The lowest BCUT2D eigenvalue weighted by molar-refractivity contribution is 0.207. The van der Waals surface area contributed by atoms with Crippen LogP contribution in [0.2, 0.25) is 0 Å². The van der Waals surface area contributed by atoms with Crippen molar-refractivity contribution in [3.8, 4) is 0 Å². The smallest absolute Gasteiger partial charge is 0.0487 e. The summed E-state index contributed by atoms with van der Waals surface area (Å²) in [6, 6.07) is 8.72. The zero-order valence-corrected chi connectivity index (χ0v) is 9.83. The summed E-state index contributed by atoms with van der Waals surface area (Å²) in [5, 5.41) is 9.29. The molecule has 1 N–H and O–H groups in total. The highest BCUT2D eigenvalue weighted by Gasteiger charge is 2.52. The molecule has 0 amide bonds. The molecule has 1 aliphatic rings. The summed E-state index contributed by atoms with van der Waals surface area (Å²) < 4.78 is 0. The third kappa shape index (κ3) is 1.93. The molecule has 0 aromatic heterocycles. The van der Waals surface area contributed by atoms with Crippen molar-refractivity contribution in [1.82, 2.24) is 0 Å². The van der Waals surface area contributed by atoms with Gasteiger partial charge in [0.15, 0.2) is 0 Å². The Morgan fingerprint density at radius 2 is 2.27 bits per heavy atom. The van der Waals surface area contributed by atoms with Crippen molar-refractivity contribution in [1.29, 1.82) is 0 Å². The molecule has 0 radical (unpaired) electrons. The minimum Gasteiger partial charge on any atom is -0.396 e. The van der Waals surface area contributed by atoms with Crippen molar-refractivity contribution in [3.63, 3.8) is 0 Å². The molecule has 0 aliphatic heterocycles. The van der Waals surface area contributed by atoms with Gasteiger partial charge in [-0.1, -0.05) is 43.7 Å². The van der Waals surface area contributed by atoms with Crippen molar-refractivity contribution < 1.29 is 5.11 Å². The molecule has 0 unspecified atom stereocenters. The molecule has 1 heteroatoms. The van der Waals surface area contributed by atoms with Crippen LogP contribution >= 0.6 is 0 Å². The quantitative estimate of drug-likeness (QED) is 0.802. The van der Waals surface area contributed by atoms with E-state index >= 15 is 0 Å². The third-order valence-corrected chi connectivity index (χ3v) is 3.95. The lowest BCUT2D eigenvalue weighted by Crippen LogP contribution is -2.08. The molecule has 2 rings (SSSR count). The van der Waals surface area contributed by atoms with E-state index in [4.69, 9.17) is 0 Å². The molecular weight excluding hydrogens is 184 g/mol. The first-order valence-corrected chi connectivity index (χ1v) is 5.74. The standard InChI is InChI=1S/C14H20O/c1-10-5-4-6-12(7-10)11(2)13-8-14(13,3)9-15/h4-7,11,13,15H,8-9H2,1-3H3/t11-,13-,14-/m0/s1. The van der Waals surface area contributed by atoms with Crippen LogP contribution in [0, 0.1) is 18.3 Å². The minimum atomic E-state index is 0.184. The van der Waals surface area contributed by atoms with Crippen LogP contribution in [0.25, 0.3) is 0 Å². The van der Waals surface area contributed by atoms with Crippen molar-refractivity contribution in [2.45, 2.75) is 33.1 Å². The summed E-state index contributed by atoms with van der Waals surface area (Å²) >= 11 is 0. The van der Waals surface area contributed by atoms with Gasteiger partial charge in [-0.3, -0.25) is 0 Å². The Bertz CT molecular complexity index is 358. The van der Waals surface area contributed by atoms with E-state index < -0.39 is 0 Å². The van der Waals surface area contributed by atoms with Crippen LogP contribution in [0.15, 0.2) is 24.3 Å². The molecule has 3 atom stereocenters. The van der Waals surface area contributed by atoms with E-state index in [1.807, 2.05) is 0 Å². The monoisotopic (exact) mass is 204 g/mol. The van der Waals surface area contributed by atoms with Crippen molar-refractivity contribution >= 4 is 0 Å². The average molecular weight is 204 g/mol. The summed E-state index contributed by atoms with van der Waals surface area (Å²) in [7, 11) is 0. The van der Waals surface area contributed by atoms with Gasteiger partial charge in [0.2, 0.25) is 0 Å². The summed E-state index contributed by atoms with van der Waals surface area (Å²) in [5.74, 6) is 1.23. The van der Waals surface area contributed by atoms with E-state index in [9.17, 15) is 5.11 Å². The molecule has 1 aromatic rings. The fourth-order valence-electron chi connectivity index (χ4n) is 2.59. The molecule has 1 nitrogen and oxygen atoms in total. The molecular formula is C14H20O. The Morgan fingerprint density at radius 3 is 2.80 bits per heavy atom. The number of rotatable bonds is 3. The molecule has 1 aromatic carbocycles. The zero-order valence-electron chi connectivity index (χ0n) is 9.83. The fraction of sp³-hybridized carbons (Fsp3) is 0.571. The second-order valence-corrected chi connectivity index (χ2v) is 5.33. The Kier molecular flexibility index (Phi) is 2.59. The molecule has 0 spiro atoms. The van der Waals surface area contributed by atoms with E-state index in [-0.39, 0.29) is 5.41 Å². The fourth-order valence-corrected chi connectivity index (χ4v) is 2.59. The van der Waals surface area contributed by atoms with Gasteiger partial charge in [0.25, 0.3) is 0 Å². The van der Waals surface area contributed by atoms with Crippen LogP contribution in [-0.4, -0.2) is 11.7 Å².